The van der Waals surface area contributed by atoms with Crippen LogP contribution in [0.4, 0.5) is 0 Å². The van der Waals surface area contributed by atoms with Gasteiger partial charge in [-0.1, -0.05) is 12.8 Å². The highest BCUT2D eigenvalue weighted by atomic mass is 32.1. The summed E-state index contributed by atoms with van der Waals surface area (Å²) in [6.07, 6.45) is 6.61. The highest BCUT2D eigenvalue weighted by Gasteiger charge is 2.30. The standard InChI is InChI=1S/C25H33NO5S/c1-17-10-12-32-24(17)25(27)26(19-7-4-5-8-19)15-18-13-21(28-2)23(22(14-18)29-3)31-16-20-9-6-11-30-20/h10,12-14,19-20H,4-9,11,15-16H2,1-3H3. The number of hydrogen-bond acceptors (Lipinski definition) is 6. The van der Waals surface area contributed by atoms with Crippen molar-refractivity contribution in [2.24, 2.45) is 0 Å². The number of methoxy groups -OCH3 is 2. The molecule has 1 saturated carbocycles. The first kappa shape index (κ1) is 22.9. The van der Waals surface area contributed by atoms with Crippen LogP contribution in [0, 0.1) is 6.92 Å². The smallest absolute Gasteiger partial charge is 0.264 e. The minimum Gasteiger partial charge on any atom is -0.493 e. The Balaban J connectivity index is 1.58. The molecule has 2 aliphatic rings. The summed E-state index contributed by atoms with van der Waals surface area (Å²) >= 11 is 1.52. The molecule has 1 amide bonds. The second-order valence-corrected chi connectivity index (χ2v) is 9.50. The zero-order valence-electron chi connectivity index (χ0n) is 19.2. The molecule has 1 aromatic carbocycles. The summed E-state index contributed by atoms with van der Waals surface area (Å²) in [5, 5.41) is 1.99. The lowest BCUT2D eigenvalue weighted by Gasteiger charge is -2.29. The fourth-order valence-corrected chi connectivity index (χ4v) is 5.50. The number of thiophene rings is 1. The van der Waals surface area contributed by atoms with Crippen LogP contribution < -0.4 is 14.2 Å². The van der Waals surface area contributed by atoms with Crippen molar-refractivity contribution in [3.8, 4) is 17.2 Å². The van der Waals surface area contributed by atoms with Crippen LogP contribution in [0.5, 0.6) is 17.2 Å². The zero-order valence-corrected chi connectivity index (χ0v) is 20.0. The topological polar surface area (TPSA) is 57.2 Å². The van der Waals surface area contributed by atoms with E-state index in [1.807, 2.05) is 35.4 Å². The molecule has 0 radical (unpaired) electrons. The molecule has 2 heterocycles. The average molecular weight is 460 g/mol. The minimum absolute atomic E-state index is 0.105. The second-order valence-electron chi connectivity index (χ2n) is 8.58. The third kappa shape index (κ3) is 5.04. The summed E-state index contributed by atoms with van der Waals surface area (Å²) in [6.45, 7) is 3.77. The van der Waals surface area contributed by atoms with Gasteiger partial charge in [-0.2, -0.15) is 0 Å². The first-order valence-electron chi connectivity index (χ1n) is 11.4. The van der Waals surface area contributed by atoms with Gasteiger partial charge in [0.2, 0.25) is 5.75 Å². The molecule has 6 nitrogen and oxygen atoms in total. The summed E-state index contributed by atoms with van der Waals surface area (Å²) in [5.41, 5.74) is 2.01. The molecule has 2 fully saturated rings. The van der Waals surface area contributed by atoms with Gasteiger partial charge >= 0.3 is 0 Å². The highest BCUT2D eigenvalue weighted by Crippen LogP contribution is 2.40. The summed E-state index contributed by atoms with van der Waals surface area (Å²) in [6, 6.07) is 6.20. The molecular formula is C25H33NO5S. The van der Waals surface area contributed by atoms with Crippen molar-refractivity contribution in [2.75, 3.05) is 27.4 Å². The van der Waals surface area contributed by atoms with Crippen LogP contribution in [-0.2, 0) is 11.3 Å². The van der Waals surface area contributed by atoms with Gasteiger partial charge in [0.05, 0.1) is 25.2 Å². The van der Waals surface area contributed by atoms with Crippen molar-refractivity contribution in [3.05, 3.63) is 39.6 Å². The van der Waals surface area contributed by atoms with Gasteiger partial charge in [-0.3, -0.25) is 4.79 Å². The van der Waals surface area contributed by atoms with E-state index in [0.717, 1.165) is 48.3 Å². The molecule has 32 heavy (non-hydrogen) atoms. The molecule has 1 aliphatic heterocycles. The molecule has 174 valence electrons. The van der Waals surface area contributed by atoms with Crippen molar-refractivity contribution in [3.63, 3.8) is 0 Å². The predicted octanol–water partition coefficient (Wildman–Crippen LogP) is 5.22. The average Bonchev–Trinajstić information content (AvgIpc) is 3.58. The summed E-state index contributed by atoms with van der Waals surface area (Å²) in [7, 11) is 3.26. The van der Waals surface area contributed by atoms with Crippen LogP contribution in [0.25, 0.3) is 0 Å². The van der Waals surface area contributed by atoms with Gasteiger partial charge in [0.15, 0.2) is 11.5 Å². The number of ether oxygens (including phenoxy) is 4. The van der Waals surface area contributed by atoms with Crippen LogP contribution in [0.15, 0.2) is 23.6 Å². The molecule has 1 unspecified atom stereocenters. The maximum Gasteiger partial charge on any atom is 0.264 e. The predicted molar refractivity (Wildman–Crippen MR) is 125 cm³/mol. The van der Waals surface area contributed by atoms with E-state index in [-0.39, 0.29) is 18.1 Å². The molecule has 0 spiro atoms. The summed E-state index contributed by atoms with van der Waals surface area (Å²) in [4.78, 5) is 16.3. The Bertz CT molecular complexity index is 890. The van der Waals surface area contributed by atoms with Gasteiger partial charge in [-0.15, -0.1) is 11.3 Å². The van der Waals surface area contributed by atoms with E-state index >= 15 is 0 Å². The third-order valence-electron chi connectivity index (χ3n) is 6.39. The second kappa shape index (κ2) is 10.6. The van der Waals surface area contributed by atoms with Crippen molar-refractivity contribution >= 4 is 17.2 Å². The lowest BCUT2D eigenvalue weighted by Crippen LogP contribution is -2.38. The number of rotatable bonds is 9. The number of amides is 1. The van der Waals surface area contributed by atoms with Crippen molar-refractivity contribution < 1.29 is 23.7 Å². The van der Waals surface area contributed by atoms with Gasteiger partial charge < -0.3 is 23.8 Å². The third-order valence-corrected chi connectivity index (χ3v) is 7.40. The van der Waals surface area contributed by atoms with E-state index in [1.165, 1.54) is 24.2 Å². The Morgan fingerprint density at radius 3 is 2.41 bits per heavy atom. The van der Waals surface area contributed by atoms with E-state index < -0.39 is 0 Å². The number of aryl methyl sites for hydroxylation is 1. The molecular weight excluding hydrogens is 426 g/mol. The Hall–Kier alpha value is -2.25. The van der Waals surface area contributed by atoms with Gasteiger partial charge in [0, 0.05) is 19.2 Å². The zero-order chi connectivity index (χ0) is 22.5. The van der Waals surface area contributed by atoms with Gasteiger partial charge in [-0.05, 0) is 67.3 Å². The Morgan fingerprint density at radius 2 is 1.84 bits per heavy atom. The molecule has 7 heteroatoms. The fourth-order valence-electron chi connectivity index (χ4n) is 4.62. The number of carbonyl (C=O) groups is 1. The van der Waals surface area contributed by atoms with Crippen LogP contribution in [0.1, 0.15) is 59.3 Å². The SMILES string of the molecule is COc1cc(CN(C(=O)c2sccc2C)C2CCCC2)cc(OC)c1OCC1CCCO1. The molecule has 1 aromatic heterocycles. The quantitative estimate of drug-likeness (QED) is 0.515. The molecule has 1 atom stereocenters. The normalized spacial score (nSPS) is 18.7. The number of benzene rings is 1. The molecule has 4 rings (SSSR count). The summed E-state index contributed by atoms with van der Waals surface area (Å²) in [5.74, 6) is 1.93. The Labute approximate surface area is 194 Å². The number of carbonyl (C=O) groups excluding carboxylic acids is 1. The molecule has 1 aliphatic carbocycles. The van der Waals surface area contributed by atoms with E-state index in [2.05, 4.69) is 0 Å². The lowest BCUT2D eigenvalue weighted by atomic mass is 10.1. The molecule has 2 aromatic rings. The monoisotopic (exact) mass is 459 g/mol. The van der Waals surface area contributed by atoms with Gasteiger partial charge in [-0.25, -0.2) is 0 Å². The van der Waals surface area contributed by atoms with Crippen molar-refractivity contribution in [2.45, 2.75) is 64.1 Å². The Kier molecular flexibility index (Phi) is 7.58. The molecule has 1 saturated heterocycles. The number of hydrogen-bond donors (Lipinski definition) is 0. The Morgan fingerprint density at radius 1 is 1.12 bits per heavy atom. The van der Waals surface area contributed by atoms with E-state index in [9.17, 15) is 4.79 Å². The van der Waals surface area contributed by atoms with Crippen LogP contribution in [0.3, 0.4) is 0 Å². The molecule has 0 bridgehead atoms. The van der Waals surface area contributed by atoms with Crippen LogP contribution in [-0.4, -0.2) is 50.4 Å². The number of nitrogens with zero attached hydrogens (tertiary/aromatic N) is 1. The molecule has 0 N–H and O–H groups in total. The minimum atomic E-state index is 0.105. The fraction of sp³-hybridized carbons (Fsp3) is 0.560. The van der Waals surface area contributed by atoms with Crippen molar-refractivity contribution in [1.29, 1.82) is 0 Å². The van der Waals surface area contributed by atoms with E-state index in [4.69, 9.17) is 18.9 Å². The van der Waals surface area contributed by atoms with Crippen LogP contribution >= 0.6 is 11.3 Å². The van der Waals surface area contributed by atoms with E-state index in [0.29, 0.717) is 30.4 Å². The first-order chi connectivity index (χ1) is 15.6. The lowest BCUT2D eigenvalue weighted by molar-refractivity contribution is 0.0653. The maximum atomic E-state index is 13.5. The maximum absolute atomic E-state index is 13.5. The first-order valence-corrected chi connectivity index (χ1v) is 12.3. The van der Waals surface area contributed by atoms with E-state index in [1.54, 1.807) is 14.2 Å². The van der Waals surface area contributed by atoms with Gasteiger partial charge in [0.1, 0.15) is 6.61 Å². The van der Waals surface area contributed by atoms with Gasteiger partial charge in [0.25, 0.3) is 5.91 Å². The highest BCUT2D eigenvalue weighted by molar-refractivity contribution is 7.12. The largest absolute Gasteiger partial charge is 0.493 e. The van der Waals surface area contributed by atoms with Crippen molar-refractivity contribution in [1.82, 2.24) is 4.90 Å². The van der Waals surface area contributed by atoms with Crippen LogP contribution in [0.2, 0.25) is 0 Å². The summed E-state index contributed by atoms with van der Waals surface area (Å²) < 4.78 is 23.0.